The van der Waals surface area contributed by atoms with E-state index in [0.717, 1.165) is 6.08 Å². The normalized spacial score (nSPS) is 8.76. The van der Waals surface area contributed by atoms with Gasteiger partial charge in [0.05, 0.1) is 0 Å². The van der Waals surface area contributed by atoms with Gasteiger partial charge in [-0.3, -0.25) is 0 Å². The van der Waals surface area contributed by atoms with Crippen molar-refractivity contribution in [1.29, 1.82) is 0 Å². The molecule has 92 valence electrons. The predicted molar refractivity (Wildman–Crippen MR) is 73.0 cm³/mol. The molecule has 0 saturated heterocycles. The third-order valence-electron chi connectivity index (χ3n) is 2.25. The number of rotatable bonds is 5. The molecule has 0 atom stereocenters. The Bertz CT molecular complexity index is 367. The fourth-order valence-electron chi connectivity index (χ4n) is 1.33. The van der Waals surface area contributed by atoms with Crippen molar-refractivity contribution in [2.24, 2.45) is 0 Å². The summed E-state index contributed by atoms with van der Waals surface area (Å²) in [6.07, 6.45) is 6.47. The molecule has 2 heteroatoms. The van der Waals surface area contributed by atoms with Gasteiger partial charge >= 0.3 is 5.97 Å². The van der Waals surface area contributed by atoms with Gasteiger partial charge in [0.1, 0.15) is 0 Å². The molecule has 0 saturated carbocycles. The molecule has 1 rings (SSSR count). The first-order valence-electron chi connectivity index (χ1n) is 5.71. The average Bonchev–Trinajstić information content (AvgIpc) is 2.37. The highest BCUT2D eigenvalue weighted by Crippen LogP contribution is 2.12. The van der Waals surface area contributed by atoms with Crippen molar-refractivity contribution in [1.82, 2.24) is 0 Å². The SMILES string of the molecule is C=CC(=O)O.C=Cc1ccccc1CCCC. The van der Waals surface area contributed by atoms with Gasteiger partial charge in [-0.1, -0.05) is 56.8 Å². The summed E-state index contributed by atoms with van der Waals surface area (Å²) >= 11 is 0. The number of carboxylic acid groups (broad SMARTS) is 1. The van der Waals surface area contributed by atoms with Crippen LogP contribution in [0, 0.1) is 0 Å². The number of hydrogen-bond donors (Lipinski definition) is 1. The number of aliphatic carboxylic acids is 1. The van der Waals surface area contributed by atoms with Crippen molar-refractivity contribution >= 4 is 12.0 Å². The number of carbonyl (C=O) groups is 1. The van der Waals surface area contributed by atoms with E-state index in [2.05, 4.69) is 44.3 Å². The molecule has 17 heavy (non-hydrogen) atoms. The van der Waals surface area contributed by atoms with Gasteiger partial charge < -0.3 is 5.11 Å². The van der Waals surface area contributed by atoms with Gasteiger partial charge in [0, 0.05) is 6.08 Å². The molecule has 1 aromatic rings. The Hall–Kier alpha value is -1.83. The maximum absolute atomic E-state index is 9.25. The third kappa shape index (κ3) is 7.12. The number of hydrogen-bond acceptors (Lipinski definition) is 1. The summed E-state index contributed by atoms with van der Waals surface area (Å²) in [6, 6.07) is 8.47. The summed E-state index contributed by atoms with van der Waals surface area (Å²) in [7, 11) is 0. The largest absolute Gasteiger partial charge is 0.478 e. The van der Waals surface area contributed by atoms with Crippen LogP contribution in [0.3, 0.4) is 0 Å². The van der Waals surface area contributed by atoms with E-state index in [1.165, 1.54) is 30.4 Å². The van der Waals surface area contributed by atoms with Crippen LogP contribution in [0.4, 0.5) is 0 Å². The van der Waals surface area contributed by atoms with Crippen molar-refractivity contribution in [2.45, 2.75) is 26.2 Å². The molecule has 2 nitrogen and oxygen atoms in total. The number of benzene rings is 1. The fraction of sp³-hybridized carbons (Fsp3) is 0.267. The van der Waals surface area contributed by atoms with Gasteiger partial charge in [-0.2, -0.15) is 0 Å². The molecule has 0 aliphatic rings. The highest BCUT2D eigenvalue weighted by atomic mass is 16.4. The molecule has 0 aromatic heterocycles. The molecule has 1 N–H and O–H groups in total. The Balaban J connectivity index is 0.000000437. The monoisotopic (exact) mass is 232 g/mol. The molecule has 0 spiro atoms. The van der Waals surface area contributed by atoms with Crippen molar-refractivity contribution in [3.8, 4) is 0 Å². The molecule has 0 radical (unpaired) electrons. The first-order valence-corrected chi connectivity index (χ1v) is 5.71. The molecule has 1 aromatic carbocycles. The summed E-state index contributed by atoms with van der Waals surface area (Å²) in [5.74, 6) is -0.981. The maximum Gasteiger partial charge on any atom is 0.327 e. The zero-order valence-corrected chi connectivity index (χ0v) is 10.4. The molecule has 0 bridgehead atoms. The zero-order chi connectivity index (χ0) is 13.1. The van der Waals surface area contributed by atoms with Gasteiger partial charge in [-0.25, -0.2) is 4.79 Å². The van der Waals surface area contributed by atoms with E-state index in [9.17, 15) is 4.79 Å². The van der Waals surface area contributed by atoms with Gasteiger partial charge in [0.2, 0.25) is 0 Å². The lowest BCUT2D eigenvalue weighted by Crippen LogP contribution is -1.87. The maximum atomic E-state index is 9.25. The van der Waals surface area contributed by atoms with E-state index in [-0.39, 0.29) is 0 Å². The third-order valence-corrected chi connectivity index (χ3v) is 2.25. The Morgan fingerprint density at radius 3 is 2.41 bits per heavy atom. The van der Waals surface area contributed by atoms with Crippen LogP contribution in [0.15, 0.2) is 43.5 Å². The Morgan fingerprint density at radius 1 is 1.35 bits per heavy atom. The van der Waals surface area contributed by atoms with Crippen molar-refractivity contribution in [2.75, 3.05) is 0 Å². The second-order valence-electron chi connectivity index (χ2n) is 3.55. The van der Waals surface area contributed by atoms with Crippen LogP contribution in [0.1, 0.15) is 30.9 Å². The Kier molecular flexibility index (Phi) is 8.39. The van der Waals surface area contributed by atoms with Gasteiger partial charge in [-0.05, 0) is 24.0 Å². The molecule has 0 amide bonds. The molecule has 0 heterocycles. The van der Waals surface area contributed by atoms with Crippen LogP contribution in [0.5, 0.6) is 0 Å². The number of carboxylic acids is 1. The van der Waals surface area contributed by atoms with Gasteiger partial charge in [-0.15, -0.1) is 0 Å². The van der Waals surface area contributed by atoms with Crippen LogP contribution in [-0.2, 0) is 11.2 Å². The summed E-state index contributed by atoms with van der Waals surface area (Å²) < 4.78 is 0. The van der Waals surface area contributed by atoms with Gasteiger partial charge in [0.15, 0.2) is 0 Å². The summed E-state index contributed by atoms with van der Waals surface area (Å²) in [5.41, 5.74) is 2.71. The van der Waals surface area contributed by atoms with E-state index >= 15 is 0 Å². The lowest BCUT2D eigenvalue weighted by atomic mass is 10.0. The van der Waals surface area contributed by atoms with E-state index in [0.29, 0.717) is 0 Å². The molecular formula is C15H20O2. The highest BCUT2D eigenvalue weighted by Gasteiger charge is 1.95. The standard InChI is InChI=1S/C12H16.C3H4O2/c1-3-5-8-12-10-7-6-9-11(12)4-2;1-2-3(4)5/h4,6-7,9-10H,2-3,5,8H2,1H3;2H,1H2,(H,4,5). The highest BCUT2D eigenvalue weighted by molar-refractivity contribution is 5.78. The first kappa shape index (κ1) is 15.2. The fourth-order valence-corrected chi connectivity index (χ4v) is 1.33. The van der Waals surface area contributed by atoms with E-state index in [1.807, 2.05) is 6.08 Å². The van der Waals surface area contributed by atoms with Crippen molar-refractivity contribution in [3.63, 3.8) is 0 Å². The van der Waals surface area contributed by atoms with Gasteiger partial charge in [0.25, 0.3) is 0 Å². The second kappa shape index (κ2) is 9.40. The van der Waals surface area contributed by atoms with E-state index in [4.69, 9.17) is 5.11 Å². The minimum absolute atomic E-state index is 0.833. The Morgan fingerprint density at radius 2 is 1.94 bits per heavy atom. The molecule has 0 unspecified atom stereocenters. The minimum Gasteiger partial charge on any atom is -0.478 e. The van der Waals surface area contributed by atoms with Crippen LogP contribution >= 0.6 is 0 Å². The average molecular weight is 232 g/mol. The van der Waals surface area contributed by atoms with Crippen molar-refractivity contribution < 1.29 is 9.90 Å². The quantitative estimate of drug-likeness (QED) is 0.781. The summed E-state index contributed by atoms with van der Waals surface area (Å²) in [6.45, 7) is 8.98. The minimum atomic E-state index is -0.981. The molecule has 0 fully saturated rings. The summed E-state index contributed by atoms with van der Waals surface area (Å²) in [5, 5.41) is 7.60. The summed E-state index contributed by atoms with van der Waals surface area (Å²) in [4.78, 5) is 9.25. The molecule has 0 aliphatic heterocycles. The Labute approximate surface area is 103 Å². The van der Waals surface area contributed by atoms with Crippen LogP contribution < -0.4 is 0 Å². The van der Waals surface area contributed by atoms with E-state index in [1.54, 1.807) is 0 Å². The van der Waals surface area contributed by atoms with Crippen LogP contribution in [0.2, 0.25) is 0 Å². The topological polar surface area (TPSA) is 37.3 Å². The first-order chi connectivity index (χ1) is 8.15. The lowest BCUT2D eigenvalue weighted by molar-refractivity contribution is -0.131. The van der Waals surface area contributed by atoms with Crippen LogP contribution in [-0.4, -0.2) is 11.1 Å². The second-order valence-corrected chi connectivity index (χ2v) is 3.55. The molecule has 0 aliphatic carbocycles. The van der Waals surface area contributed by atoms with Crippen molar-refractivity contribution in [3.05, 3.63) is 54.6 Å². The smallest absolute Gasteiger partial charge is 0.327 e. The lowest BCUT2D eigenvalue weighted by Gasteiger charge is -2.03. The predicted octanol–water partition coefficient (Wildman–Crippen LogP) is 3.93. The zero-order valence-electron chi connectivity index (χ0n) is 10.4. The van der Waals surface area contributed by atoms with Crippen LogP contribution in [0.25, 0.3) is 6.08 Å². The molecular weight excluding hydrogens is 212 g/mol. The number of aryl methyl sites for hydroxylation is 1. The number of unbranched alkanes of at least 4 members (excludes halogenated alkanes) is 1. The van der Waals surface area contributed by atoms with E-state index < -0.39 is 5.97 Å².